The number of carbonyl (C=O) groups excluding carboxylic acids is 1. The number of nitrogens with zero attached hydrogens (tertiary/aromatic N) is 2. The van der Waals surface area contributed by atoms with Gasteiger partial charge in [-0.15, -0.1) is 0 Å². The number of rotatable bonds is 2. The minimum atomic E-state index is -0.00948. The molecule has 0 aliphatic carbocycles. The van der Waals surface area contributed by atoms with Crippen LogP contribution in [0.3, 0.4) is 0 Å². The Morgan fingerprint density at radius 1 is 1.71 bits per heavy atom. The number of amides is 1. The third-order valence-corrected chi connectivity index (χ3v) is 2.54. The van der Waals surface area contributed by atoms with Gasteiger partial charge in [0, 0.05) is 13.0 Å². The number of carbonyl (C=O) groups is 1. The predicted molar refractivity (Wildman–Crippen MR) is 49.4 cm³/mol. The van der Waals surface area contributed by atoms with Crippen LogP contribution < -0.4 is 5.32 Å². The molecule has 0 saturated carbocycles. The molecule has 2 rings (SSSR count). The molecule has 1 aromatic rings. The van der Waals surface area contributed by atoms with E-state index in [0.717, 1.165) is 12.1 Å². The molecule has 0 spiro atoms. The molecule has 5 nitrogen and oxygen atoms in total. The van der Waals surface area contributed by atoms with Crippen molar-refractivity contribution in [3.63, 3.8) is 0 Å². The first-order valence-corrected chi connectivity index (χ1v) is 4.69. The summed E-state index contributed by atoms with van der Waals surface area (Å²) in [4.78, 5) is 14.9. The maximum atomic E-state index is 10.9. The van der Waals surface area contributed by atoms with Gasteiger partial charge in [0.2, 0.25) is 5.91 Å². The van der Waals surface area contributed by atoms with E-state index in [1.165, 1.54) is 0 Å². The van der Waals surface area contributed by atoms with Crippen LogP contribution in [0.4, 0.5) is 0 Å². The molecule has 1 aliphatic rings. The van der Waals surface area contributed by atoms with Crippen molar-refractivity contribution in [2.75, 3.05) is 6.54 Å². The van der Waals surface area contributed by atoms with E-state index in [1.807, 2.05) is 4.57 Å². The molecule has 14 heavy (non-hydrogen) atoms. The summed E-state index contributed by atoms with van der Waals surface area (Å²) in [5.41, 5.74) is 0.797. The smallest absolute Gasteiger partial charge is 0.220 e. The molecule has 1 fully saturated rings. The lowest BCUT2D eigenvalue weighted by molar-refractivity contribution is -0.122. The van der Waals surface area contributed by atoms with Crippen molar-refractivity contribution in [1.82, 2.24) is 14.9 Å². The van der Waals surface area contributed by atoms with Gasteiger partial charge in [0.15, 0.2) is 0 Å². The quantitative estimate of drug-likeness (QED) is 0.688. The minimum Gasteiger partial charge on any atom is -0.390 e. The average Bonchev–Trinajstić information content (AvgIpc) is 2.67. The Kier molecular flexibility index (Phi) is 2.49. The summed E-state index contributed by atoms with van der Waals surface area (Å²) in [6.07, 6.45) is 4.72. The zero-order valence-corrected chi connectivity index (χ0v) is 7.81. The van der Waals surface area contributed by atoms with Gasteiger partial charge in [-0.3, -0.25) is 4.79 Å². The van der Waals surface area contributed by atoms with E-state index in [1.54, 1.807) is 12.5 Å². The van der Waals surface area contributed by atoms with Crippen LogP contribution in [-0.2, 0) is 11.4 Å². The molecule has 0 bridgehead atoms. The molecular formula is C9H13N3O2. The number of aliphatic hydroxyl groups is 1. The fourth-order valence-corrected chi connectivity index (χ4v) is 1.74. The van der Waals surface area contributed by atoms with Gasteiger partial charge in [0.1, 0.15) is 0 Å². The summed E-state index contributed by atoms with van der Waals surface area (Å²) < 4.78 is 1.93. The van der Waals surface area contributed by atoms with Crippen molar-refractivity contribution in [3.05, 3.63) is 18.2 Å². The van der Waals surface area contributed by atoms with E-state index in [9.17, 15) is 4.79 Å². The minimum absolute atomic E-state index is 0.00948. The van der Waals surface area contributed by atoms with Gasteiger partial charge in [0.05, 0.1) is 30.9 Å². The summed E-state index contributed by atoms with van der Waals surface area (Å²) in [5, 5.41) is 11.8. The van der Waals surface area contributed by atoms with E-state index in [0.29, 0.717) is 13.0 Å². The van der Waals surface area contributed by atoms with Crippen LogP contribution in [0.1, 0.15) is 24.6 Å². The molecule has 1 amide bonds. The fourth-order valence-electron chi connectivity index (χ4n) is 1.74. The highest BCUT2D eigenvalue weighted by Gasteiger charge is 2.20. The molecule has 2 heterocycles. The molecule has 1 atom stereocenters. The highest BCUT2D eigenvalue weighted by molar-refractivity contribution is 5.76. The van der Waals surface area contributed by atoms with Crippen LogP contribution in [0.25, 0.3) is 0 Å². The van der Waals surface area contributed by atoms with Gasteiger partial charge in [-0.25, -0.2) is 4.98 Å². The van der Waals surface area contributed by atoms with E-state index < -0.39 is 0 Å². The number of piperidine rings is 1. The normalized spacial score (nSPS) is 22.1. The van der Waals surface area contributed by atoms with E-state index >= 15 is 0 Å². The Morgan fingerprint density at radius 2 is 2.57 bits per heavy atom. The van der Waals surface area contributed by atoms with Crippen molar-refractivity contribution in [1.29, 1.82) is 0 Å². The molecule has 0 radical (unpaired) electrons. The van der Waals surface area contributed by atoms with E-state index in [-0.39, 0.29) is 18.6 Å². The molecule has 1 unspecified atom stereocenters. The van der Waals surface area contributed by atoms with E-state index in [2.05, 4.69) is 10.3 Å². The van der Waals surface area contributed by atoms with Crippen LogP contribution in [0, 0.1) is 0 Å². The second-order valence-corrected chi connectivity index (χ2v) is 3.45. The zero-order valence-electron chi connectivity index (χ0n) is 7.81. The average molecular weight is 195 g/mol. The summed E-state index contributed by atoms with van der Waals surface area (Å²) in [7, 11) is 0. The monoisotopic (exact) mass is 195 g/mol. The lowest BCUT2D eigenvalue weighted by atomic mass is 10.1. The number of hydrogen-bond acceptors (Lipinski definition) is 3. The fraction of sp³-hybridized carbons (Fsp3) is 0.556. The van der Waals surface area contributed by atoms with Crippen molar-refractivity contribution >= 4 is 5.91 Å². The molecule has 1 aromatic heterocycles. The van der Waals surface area contributed by atoms with Crippen LogP contribution in [0.2, 0.25) is 0 Å². The molecule has 0 aromatic carbocycles. The largest absolute Gasteiger partial charge is 0.390 e. The van der Waals surface area contributed by atoms with Crippen LogP contribution in [0.5, 0.6) is 0 Å². The number of aliphatic hydroxyl groups excluding tert-OH is 1. The van der Waals surface area contributed by atoms with Crippen LogP contribution in [0.15, 0.2) is 12.5 Å². The topological polar surface area (TPSA) is 67.2 Å². The Labute approximate surface area is 81.8 Å². The van der Waals surface area contributed by atoms with Gasteiger partial charge in [-0.2, -0.15) is 0 Å². The van der Waals surface area contributed by atoms with Crippen molar-refractivity contribution in [2.45, 2.75) is 25.5 Å². The first-order chi connectivity index (χ1) is 6.81. The Bertz CT molecular complexity index is 325. The first-order valence-electron chi connectivity index (χ1n) is 4.69. The molecule has 1 saturated heterocycles. The highest BCUT2D eigenvalue weighted by atomic mass is 16.3. The molecule has 5 heteroatoms. The third-order valence-electron chi connectivity index (χ3n) is 2.54. The first kappa shape index (κ1) is 9.21. The summed E-state index contributed by atoms with van der Waals surface area (Å²) in [5.74, 6) is 0.104. The SMILES string of the molecule is O=C1CCC(n2cncc2CO)CN1. The van der Waals surface area contributed by atoms with Gasteiger partial charge in [-0.1, -0.05) is 0 Å². The molecule has 2 N–H and O–H groups in total. The van der Waals surface area contributed by atoms with Gasteiger partial charge in [-0.05, 0) is 6.42 Å². The van der Waals surface area contributed by atoms with Gasteiger partial charge >= 0.3 is 0 Å². The third kappa shape index (κ3) is 1.63. The number of imidazole rings is 1. The predicted octanol–water partition coefficient (Wildman–Crippen LogP) is -0.173. The standard InChI is InChI=1S/C9H13N3O2/c13-5-8-3-10-6-12(8)7-1-2-9(14)11-4-7/h3,6-7,13H,1-2,4-5H2,(H,11,14). The maximum absolute atomic E-state index is 10.9. The Morgan fingerprint density at radius 3 is 3.21 bits per heavy atom. The molecular weight excluding hydrogens is 182 g/mol. The van der Waals surface area contributed by atoms with Crippen LogP contribution in [-0.4, -0.2) is 27.1 Å². The van der Waals surface area contributed by atoms with Crippen molar-refractivity contribution in [3.8, 4) is 0 Å². The summed E-state index contributed by atoms with van der Waals surface area (Å²) in [6.45, 7) is 0.618. The number of aromatic nitrogens is 2. The second kappa shape index (κ2) is 3.79. The lowest BCUT2D eigenvalue weighted by Crippen LogP contribution is -2.36. The maximum Gasteiger partial charge on any atom is 0.220 e. The van der Waals surface area contributed by atoms with Crippen molar-refractivity contribution in [2.24, 2.45) is 0 Å². The Hall–Kier alpha value is -1.36. The molecule has 76 valence electrons. The van der Waals surface area contributed by atoms with Crippen LogP contribution >= 0.6 is 0 Å². The Balaban J connectivity index is 2.11. The van der Waals surface area contributed by atoms with Crippen molar-refractivity contribution < 1.29 is 9.90 Å². The van der Waals surface area contributed by atoms with Gasteiger partial charge in [0.25, 0.3) is 0 Å². The molecule has 1 aliphatic heterocycles. The lowest BCUT2D eigenvalue weighted by Gasteiger charge is -2.24. The second-order valence-electron chi connectivity index (χ2n) is 3.45. The number of nitrogens with one attached hydrogen (secondary N) is 1. The summed E-state index contributed by atoms with van der Waals surface area (Å²) in [6, 6.07) is 0.234. The van der Waals surface area contributed by atoms with Gasteiger partial charge < -0.3 is 15.0 Å². The number of hydrogen-bond donors (Lipinski definition) is 2. The summed E-state index contributed by atoms with van der Waals surface area (Å²) >= 11 is 0. The highest BCUT2D eigenvalue weighted by Crippen LogP contribution is 2.18. The zero-order chi connectivity index (χ0) is 9.97. The van der Waals surface area contributed by atoms with E-state index in [4.69, 9.17) is 5.11 Å².